The van der Waals surface area contributed by atoms with Crippen LogP contribution in [0.1, 0.15) is 56.1 Å². The Morgan fingerprint density at radius 1 is 1.29 bits per heavy atom. The lowest BCUT2D eigenvalue weighted by Crippen LogP contribution is -2.28. The van der Waals surface area contributed by atoms with Crippen molar-refractivity contribution >= 4 is 5.97 Å². The largest absolute Gasteiger partial charge is 0.496 e. The average molecular weight is 290 g/mol. The fourth-order valence-corrected chi connectivity index (χ4v) is 3.64. The van der Waals surface area contributed by atoms with Crippen LogP contribution in [0.15, 0.2) is 18.2 Å². The van der Waals surface area contributed by atoms with Crippen LogP contribution in [0.2, 0.25) is 0 Å². The maximum atomic E-state index is 11.2. The lowest BCUT2D eigenvalue weighted by atomic mass is 9.68. The van der Waals surface area contributed by atoms with Crippen LogP contribution in [0, 0.1) is 12.3 Å². The molecule has 0 aliphatic heterocycles. The highest BCUT2D eigenvalue weighted by molar-refractivity contribution is 5.67. The van der Waals surface area contributed by atoms with Crippen LogP contribution in [0.25, 0.3) is 0 Å². The second-order valence-corrected chi connectivity index (χ2v) is 6.45. The molecule has 3 heteroatoms. The van der Waals surface area contributed by atoms with Crippen LogP contribution < -0.4 is 4.74 Å². The fourth-order valence-electron chi connectivity index (χ4n) is 3.64. The second-order valence-electron chi connectivity index (χ2n) is 6.45. The van der Waals surface area contributed by atoms with E-state index in [0.717, 1.165) is 44.3 Å². The molecule has 1 aromatic carbocycles. The van der Waals surface area contributed by atoms with E-state index >= 15 is 0 Å². The highest BCUT2D eigenvalue weighted by Gasteiger charge is 2.34. The van der Waals surface area contributed by atoms with E-state index in [0.29, 0.717) is 6.42 Å². The summed E-state index contributed by atoms with van der Waals surface area (Å²) in [6.45, 7) is 2.08. The molecule has 0 heterocycles. The van der Waals surface area contributed by atoms with Gasteiger partial charge in [-0.3, -0.25) is 4.79 Å². The van der Waals surface area contributed by atoms with Crippen molar-refractivity contribution in [3.05, 3.63) is 29.3 Å². The normalized spacial score (nSPS) is 17.4. The van der Waals surface area contributed by atoms with Gasteiger partial charge in [0.05, 0.1) is 13.5 Å². The molecular weight excluding hydrogens is 264 g/mol. The molecule has 1 fully saturated rings. The van der Waals surface area contributed by atoms with E-state index in [1.54, 1.807) is 7.11 Å². The number of aryl methyl sites for hydroxylation is 2. The Morgan fingerprint density at radius 3 is 2.62 bits per heavy atom. The van der Waals surface area contributed by atoms with Crippen molar-refractivity contribution in [1.29, 1.82) is 0 Å². The van der Waals surface area contributed by atoms with E-state index in [4.69, 9.17) is 4.74 Å². The second kappa shape index (κ2) is 6.97. The predicted molar refractivity (Wildman–Crippen MR) is 83.8 cm³/mol. The maximum absolute atomic E-state index is 11.2. The van der Waals surface area contributed by atoms with Gasteiger partial charge in [-0.05, 0) is 49.7 Å². The number of carboxylic acids is 1. The molecule has 3 nitrogen and oxygen atoms in total. The molecule has 2 rings (SSSR count). The van der Waals surface area contributed by atoms with Crippen molar-refractivity contribution in [2.24, 2.45) is 5.41 Å². The summed E-state index contributed by atoms with van der Waals surface area (Å²) >= 11 is 0. The molecule has 1 N–H and O–H groups in total. The molecule has 0 aromatic heterocycles. The summed E-state index contributed by atoms with van der Waals surface area (Å²) in [6.07, 6.45) is 7.82. The fraction of sp³-hybridized carbons (Fsp3) is 0.611. The molecule has 1 aromatic rings. The number of carbonyl (C=O) groups is 1. The van der Waals surface area contributed by atoms with Crippen molar-refractivity contribution in [2.45, 2.75) is 58.3 Å². The number of carboxylic acid groups (broad SMARTS) is 1. The van der Waals surface area contributed by atoms with Gasteiger partial charge < -0.3 is 9.84 Å². The number of rotatable bonds is 6. The van der Waals surface area contributed by atoms with E-state index < -0.39 is 5.97 Å². The zero-order valence-corrected chi connectivity index (χ0v) is 13.2. The Morgan fingerprint density at radius 2 is 2.00 bits per heavy atom. The maximum Gasteiger partial charge on any atom is 0.303 e. The van der Waals surface area contributed by atoms with Crippen LogP contribution in [-0.4, -0.2) is 18.2 Å². The first-order valence-corrected chi connectivity index (χ1v) is 7.90. The zero-order chi connectivity index (χ0) is 15.3. The number of methoxy groups -OCH3 is 1. The standard InChI is InChI=1S/C18H26O3/c1-14-6-7-16(21-2)15(12-14)8-11-18(13-17(19)20)9-4-3-5-10-18/h6-7,12H,3-5,8-11,13H2,1-2H3,(H,19,20). The number of benzene rings is 1. The SMILES string of the molecule is COc1ccc(C)cc1CCC1(CC(=O)O)CCCCC1. The number of ether oxygens (including phenoxy) is 1. The minimum Gasteiger partial charge on any atom is -0.496 e. The first-order valence-electron chi connectivity index (χ1n) is 7.90. The third-order valence-electron chi connectivity index (χ3n) is 4.80. The third-order valence-corrected chi connectivity index (χ3v) is 4.80. The predicted octanol–water partition coefficient (Wildman–Crippen LogP) is 4.36. The molecule has 0 radical (unpaired) electrons. The first kappa shape index (κ1) is 15.9. The Hall–Kier alpha value is -1.51. The van der Waals surface area contributed by atoms with Gasteiger partial charge in [-0.1, -0.05) is 37.0 Å². The summed E-state index contributed by atoms with van der Waals surface area (Å²) in [5.74, 6) is 0.259. The molecule has 116 valence electrons. The molecule has 0 atom stereocenters. The first-order chi connectivity index (χ1) is 10.0. The van der Waals surface area contributed by atoms with Gasteiger partial charge in [0.1, 0.15) is 5.75 Å². The van der Waals surface area contributed by atoms with Crippen molar-refractivity contribution in [3.63, 3.8) is 0 Å². The van der Waals surface area contributed by atoms with Crippen LogP contribution in [-0.2, 0) is 11.2 Å². The molecular formula is C18H26O3. The van der Waals surface area contributed by atoms with Gasteiger partial charge in [0.25, 0.3) is 0 Å². The number of aliphatic carboxylic acids is 1. The van der Waals surface area contributed by atoms with Gasteiger partial charge >= 0.3 is 5.97 Å². The Kier molecular flexibility index (Phi) is 5.27. The molecule has 1 saturated carbocycles. The van der Waals surface area contributed by atoms with Crippen molar-refractivity contribution in [2.75, 3.05) is 7.11 Å². The quantitative estimate of drug-likeness (QED) is 0.846. The van der Waals surface area contributed by atoms with Crippen molar-refractivity contribution in [1.82, 2.24) is 0 Å². The number of hydrogen-bond acceptors (Lipinski definition) is 2. The van der Waals surface area contributed by atoms with E-state index in [1.807, 2.05) is 6.07 Å². The van der Waals surface area contributed by atoms with E-state index in [1.165, 1.54) is 17.5 Å². The van der Waals surface area contributed by atoms with Crippen molar-refractivity contribution < 1.29 is 14.6 Å². The van der Waals surface area contributed by atoms with Crippen LogP contribution in [0.5, 0.6) is 5.75 Å². The molecule has 21 heavy (non-hydrogen) atoms. The lowest BCUT2D eigenvalue weighted by molar-refractivity contribution is -0.140. The minimum atomic E-state index is -0.659. The molecule has 1 aliphatic carbocycles. The molecule has 0 amide bonds. The molecule has 0 bridgehead atoms. The van der Waals surface area contributed by atoms with Crippen LogP contribution in [0.4, 0.5) is 0 Å². The van der Waals surface area contributed by atoms with Crippen LogP contribution >= 0.6 is 0 Å². The lowest BCUT2D eigenvalue weighted by Gasteiger charge is -2.36. The summed E-state index contributed by atoms with van der Waals surface area (Å²) in [7, 11) is 1.70. The highest BCUT2D eigenvalue weighted by atomic mass is 16.5. The summed E-state index contributed by atoms with van der Waals surface area (Å²) in [4.78, 5) is 11.2. The van der Waals surface area contributed by atoms with E-state index in [2.05, 4.69) is 19.1 Å². The monoisotopic (exact) mass is 290 g/mol. The Labute approximate surface area is 127 Å². The molecule has 0 spiro atoms. The van der Waals surface area contributed by atoms with Gasteiger partial charge in [0.15, 0.2) is 0 Å². The summed E-state index contributed by atoms with van der Waals surface area (Å²) < 4.78 is 5.44. The van der Waals surface area contributed by atoms with E-state index in [9.17, 15) is 9.90 Å². The molecule has 0 unspecified atom stereocenters. The topological polar surface area (TPSA) is 46.5 Å². The number of hydrogen-bond donors (Lipinski definition) is 1. The Bertz CT molecular complexity index is 487. The highest BCUT2D eigenvalue weighted by Crippen LogP contribution is 2.43. The molecule has 0 saturated heterocycles. The van der Waals surface area contributed by atoms with Crippen LogP contribution in [0.3, 0.4) is 0 Å². The van der Waals surface area contributed by atoms with Gasteiger partial charge in [-0.15, -0.1) is 0 Å². The smallest absolute Gasteiger partial charge is 0.303 e. The minimum absolute atomic E-state index is 0.0150. The summed E-state index contributed by atoms with van der Waals surface area (Å²) in [5.41, 5.74) is 2.41. The third kappa shape index (κ3) is 4.23. The van der Waals surface area contributed by atoms with E-state index in [-0.39, 0.29) is 5.41 Å². The molecule has 1 aliphatic rings. The van der Waals surface area contributed by atoms with Gasteiger partial charge in [-0.25, -0.2) is 0 Å². The van der Waals surface area contributed by atoms with Crippen molar-refractivity contribution in [3.8, 4) is 5.75 Å². The summed E-state index contributed by atoms with van der Waals surface area (Å²) in [5, 5.41) is 9.25. The average Bonchev–Trinajstić information content (AvgIpc) is 2.46. The van der Waals surface area contributed by atoms with Gasteiger partial charge in [0.2, 0.25) is 0 Å². The summed E-state index contributed by atoms with van der Waals surface area (Å²) in [6, 6.07) is 6.22. The zero-order valence-electron chi connectivity index (χ0n) is 13.2. The Balaban J connectivity index is 2.11. The van der Waals surface area contributed by atoms with Gasteiger partial charge in [0, 0.05) is 0 Å². The van der Waals surface area contributed by atoms with Gasteiger partial charge in [-0.2, -0.15) is 0 Å².